The number of hydrogen-bond donors (Lipinski definition) is 8. The number of aromatic amines is 1. The zero-order valence-electron chi connectivity index (χ0n) is 34.6. The first-order valence-corrected chi connectivity index (χ1v) is 21.7. The lowest BCUT2D eigenvalue weighted by Crippen LogP contribution is -2.56. The molecule has 1 aromatic heterocycles. The summed E-state index contributed by atoms with van der Waals surface area (Å²) in [6, 6.07) is 11.3. The van der Waals surface area contributed by atoms with Gasteiger partial charge in [0.25, 0.3) is 5.91 Å². The monoisotopic (exact) mass is 821 g/mol. The molecule has 8 N–H and O–H groups in total. The van der Waals surface area contributed by atoms with E-state index in [2.05, 4.69) is 50.7 Å². The Morgan fingerprint density at radius 2 is 1.40 bits per heavy atom. The van der Waals surface area contributed by atoms with Gasteiger partial charge in [-0.3, -0.25) is 19.2 Å². The summed E-state index contributed by atoms with van der Waals surface area (Å²) in [4.78, 5) is 80.6. The lowest BCUT2D eigenvalue weighted by molar-refractivity contribution is -0.142. The van der Waals surface area contributed by atoms with Crippen molar-refractivity contribution in [3.63, 3.8) is 0 Å². The zero-order chi connectivity index (χ0) is 42.5. The number of aromatic nitrogens is 1. The number of rotatable bonds is 27. The average Bonchev–Trinajstić information content (AvgIpc) is 3.61. The number of hydrogen-bond acceptors (Lipinski definition) is 8. The van der Waals surface area contributed by atoms with Gasteiger partial charge in [0.1, 0.15) is 23.9 Å². The van der Waals surface area contributed by atoms with Gasteiger partial charge in [0.05, 0.1) is 0 Å². The highest BCUT2D eigenvalue weighted by Crippen LogP contribution is 2.20. The van der Waals surface area contributed by atoms with Crippen LogP contribution in [0.3, 0.4) is 0 Å². The molecule has 2 aromatic carbocycles. The van der Waals surface area contributed by atoms with Crippen molar-refractivity contribution >= 4 is 58.2 Å². The molecule has 0 unspecified atom stereocenters. The number of fused-ring (bicyclic) bond motifs is 1. The molecule has 5 amide bonds. The van der Waals surface area contributed by atoms with Crippen molar-refractivity contribution in [2.45, 2.75) is 116 Å². The number of carboxylic acids is 1. The summed E-state index contributed by atoms with van der Waals surface area (Å²) in [5.41, 5.74) is 3.01. The van der Waals surface area contributed by atoms with E-state index in [1.54, 1.807) is 18.3 Å². The fraction of sp³-hybridized carbons (Fsp3) is 0.535. The Bertz CT molecular complexity index is 1780. The molecular formula is C43H63N7O7S. The van der Waals surface area contributed by atoms with Gasteiger partial charge in [-0.1, -0.05) is 64.4 Å². The molecule has 0 saturated carbocycles. The minimum atomic E-state index is -1.24. The van der Waals surface area contributed by atoms with E-state index in [9.17, 15) is 33.9 Å². The second kappa shape index (κ2) is 25.5. The average molecular weight is 822 g/mol. The minimum absolute atomic E-state index is 0.0359. The third kappa shape index (κ3) is 16.9. The van der Waals surface area contributed by atoms with E-state index < -0.39 is 41.8 Å². The van der Waals surface area contributed by atoms with Gasteiger partial charge in [-0.25, -0.2) is 9.59 Å². The Balaban J connectivity index is 1.61. The summed E-state index contributed by atoms with van der Waals surface area (Å²) in [5.74, 6) is -2.03. The first-order chi connectivity index (χ1) is 27.8. The first-order valence-electron chi connectivity index (χ1n) is 20.3. The molecule has 0 radical (unpaired) electrons. The zero-order valence-corrected chi connectivity index (χ0v) is 35.4. The molecule has 0 aliphatic carbocycles. The fourth-order valence-electron chi connectivity index (χ4n) is 6.20. The SMILES string of the molecule is CSCC[C@H](NC(=O)c1ccc(CNC(C)C)cc1)C(=O)N[C@@H](Cc1c[nH]c2ccccc12)C(=O)N[C@@H](CCCCNC(=O)NCCCCCC(=O)C(C)C)C(=O)O. The molecule has 0 bridgehead atoms. The number of carbonyl (C=O) groups excluding carboxylic acids is 5. The van der Waals surface area contributed by atoms with Crippen molar-refractivity contribution < 1.29 is 33.9 Å². The molecule has 0 fully saturated rings. The summed E-state index contributed by atoms with van der Waals surface area (Å²) < 4.78 is 0. The highest BCUT2D eigenvalue weighted by atomic mass is 32.2. The summed E-state index contributed by atoms with van der Waals surface area (Å²) in [6.07, 6.45) is 7.96. The van der Waals surface area contributed by atoms with Crippen molar-refractivity contribution in [2.75, 3.05) is 25.1 Å². The molecule has 3 aromatic rings. The predicted molar refractivity (Wildman–Crippen MR) is 230 cm³/mol. The van der Waals surface area contributed by atoms with Gasteiger partial charge in [-0.05, 0) is 79.9 Å². The van der Waals surface area contributed by atoms with Gasteiger partial charge in [-0.15, -0.1) is 0 Å². The molecule has 3 atom stereocenters. The van der Waals surface area contributed by atoms with Crippen molar-refractivity contribution in [1.82, 2.24) is 36.9 Å². The topological polar surface area (TPSA) is 211 Å². The van der Waals surface area contributed by atoms with Crippen LogP contribution in [-0.4, -0.2) is 94.9 Å². The van der Waals surface area contributed by atoms with Crippen molar-refractivity contribution in [1.29, 1.82) is 0 Å². The Kier molecular flexibility index (Phi) is 20.9. The maximum atomic E-state index is 13.9. The second-order valence-electron chi connectivity index (χ2n) is 15.2. The molecular weight excluding hydrogens is 759 g/mol. The van der Waals surface area contributed by atoms with Crippen LogP contribution in [0.15, 0.2) is 54.7 Å². The third-order valence-electron chi connectivity index (χ3n) is 9.74. The number of unbranched alkanes of at least 4 members (excludes halogenated alkanes) is 3. The number of benzene rings is 2. The highest BCUT2D eigenvalue weighted by Gasteiger charge is 2.30. The number of H-pyrrole nitrogens is 1. The van der Waals surface area contributed by atoms with Crippen molar-refractivity contribution in [3.05, 3.63) is 71.4 Å². The van der Waals surface area contributed by atoms with E-state index in [0.29, 0.717) is 62.7 Å². The largest absolute Gasteiger partial charge is 0.480 e. The van der Waals surface area contributed by atoms with Crippen molar-refractivity contribution in [2.24, 2.45) is 5.92 Å². The Labute approximate surface area is 346 Å². The molecule has 318 valence electrons. The van der Waals surface area contributed by atoms with Crippen LogP contribution in [0.1, 0.15) is 101 Å². The van der Waals surface area contributed by atoms with Crippen LogP contribution in [0.25, 0.3) is 10.9 Å². The van der Waals surface area contributed by atoms with Crippen molar-refractivity contribution in [3.8, 4) is 0 Å². The Hall–Kier alpha value is -4.89. The highest BCUT2D eigenvalue weighted by molar-refractivity contribution is 7.98. The summed E-state index contributed by atoms with van der Waals surface area (Å²) in [7, 11) is 0. The number of thioether (sulfide) groups is 1. The van der Waals surface area contributed by atoms with Gasteiger partial charge in [0.15, 0.2) is 0 Å². The number of amides is 5. The number of carboxylic acid groups (broad SMARTS) is 1. The standard InChI is InChI=1S/C43H63N7O7S/c1-28(2)38(51)16-7-6-11-22-44-43(57)45-23-12-10-15-36(42(55)56)49-41(54)37(25-32-27-47-34-14-9-8-13-33(32)34)50-40(53)35(21-24-58-5)48-39(52)31-19-17-30(18-20-31)26-46-29(3)4/h8-9,13-14,17-20,27-29,35-37,46-47H,6-7,10-12,15-16,21-26H2,1-5H3,(H,48,52)(H,49,54)(H,50,53)(H,55,56)(H2,44,45,57)/t35-,36-,37-/m0/s1. The molecule has 14 nitrogen and oxygen atoms in total. The third-order valence-corrected chi connectivity index (χ3v) is 10.4. The van der Waals surface area contributed by atoms with Crippen LogP contribution in [0.5, 0.6) is 0 Å². The van der Waals surface area contributed by atoms with Gasteiger partial charge >= 0.3 is 12.0 Å². The lowest BCUT2D eigenvalue weighted by Gasteiger charge is -2.24. The van der Waals surface area contributed by atoms with Crippen LogP contribution < -0.4 is 31.9 Å². The quantitative estimate of drug-likeness (QED) is 0.0482. The van der Waals surface area contributed by atoms with E-state index in [4.69, 9.17) is 0 Å². The summed E-state index contributed by atoms with van der Waals surface area (Å²) >= 11 is 1.52. The molecule has 0 spiro atoms. The number of carbonyl (C=O) groups is 6. The maximum Gasteiger partial charge on any atom is 0.326 e. The van der Waals surface area contributed by atoms with Crippen LogP contribution in [0.4, 0.5) is 4.79 Å². The normalized spacial score (nSPS) is 12.8. The van der Waals surface area contributed by atoms with Crippen LogP contribution in [0.2, 0.25) is 0 Å². The minimum Gasteiger partial charge on any atom is -0.480 e. The Morgan fingerprint density at radius 1 is 0.741 bits per heavy atom. The molecule has 0 saturated heterocycles. The second-order valence-corrected chi connectivity index (χ2v) is 16.2. The smallest absolute Gasteiger partial charge is 0.326 e. The van der Waals surface area contributed by atoms with Gasteiger partial charge < -0.3 is 42.0 Å². The van der Waals surface area contributed by atoms with Crippen LogP contribution in [-0.2, 0) is 32.1 Å². The first kappa shape index (κ1) is 47.5. The predicted octanol–water partition coefficient (Wildman–Crippen LogP) is 5.07. The van der Waals surface area contributed by atoms with E-state index in [1.165, 1.54) is 11.8 Å². The molecule has 15 heteroatoms. The number of para-hydroxylation sites is 1. The Morgan fingerprint density at radius 3 is 2.05 bits per heavy atom. The van der Waals surface area contributed by atoms with Gasteiger partial charge in [0, 0.05) is 67.1 Å². The molecule has 58 heavy (non-hydrogen) atoms. The fourth-order valence-corrected chi connectivity index (χ4v) is 6.67. The number of aliphatic carboxylic acids is 1. The van der Waals surface area contributed by atoms with E-state index in [-0.39, 0.29) is 30.6 Å². The van der Waals surface area contributed by atoms with E-state index in [1.807, 2.05) is 56.5 Å². The molecule has 1 heterocycles. The number of Topliss-reactive ketones (excluding diaryl/α,β-unsaturated/α-hetero) is 1. The van der Waals surface area contributed by atoms with Crippen LogP contribution in [0, 0.1) is 5.92 Å². The molecule has 0 aliphatic rings. The summed E-state index contributed by atoms with van der Waals surface area (Å²) in [5, 5.41) is 28.1. The van der Waals surface area contributed by atoms with Gasteiger partial charge in [-0.2, -0.15) is 11.8 Å². The molecule has 0 aliphatic heterocycles. The number of ketones is 1. The van der Waals surface area contributed by atoms with Crippen LogP contribution >= 0.6 is 11.8 Å². The van der Waals surface area contributed by atoms with E-state index in [0.717, 1.165) is 41.3 Å². The van der Waals surface area contributed by atoms with Gasteiger partial charge in [0.2, 0.25) is 11.8 Å². The summed E-state index contributed by atoms with van der Waals surface area (Å²) in [6.45, 7) is 9.34. The lowest BCUT2D eigenvalue weighted by atomic mass is 10.0. The molecule has 3 rings (SSSR count). The maximum absolute atomic E-state index is 13.9. The number of urea groups is 1. The van der Waals surface area contributed by atoms with E-state index >= 15 is 0 Å². The number of nitrogens with one attached hydrogen (secondary N) is 7.